The Morgan fingerprint density at radius 1 is 0.938 bits per heavy atom. The van der Waals surface area contributed by atoms with E-state index < -0.39 is 0 Å². The van der Waals surface area contributed by atoms with Crippen LogP contribution in [0.5, 0.6) is 0 Å². The van der Waals surface area contributed by atoms with Crippen molar-refractivity contribution in [3.05, 3.63) is 90.3 Å². The fourth-order valence-electron chi connectivity index (χ4n) is 4.73. The summed E-state index contributed by atoms with van der Waals surface area (Å²) in [5, 5.41) is 19.5. The number of nitrogens with one attached hydrogen (secondary N) is 1. The predicted octanol–water partition coefficient (Wildman–Crippen LogP) is 5.23. The fraction of sp³-hybridized carbons (Fsp3) is 0.192. The fourth-order valence-corrected chi connectivity index (χ4v) is 4.73. The molecule has 32 heavy (non-hydrogen) atoms. The maximum Gasteiger partial charge on any atom is 0.137 e. The van der Waals surface area contributed by atoms with Gasteiger partial charge in [-0.25, -0.2) is 0 Å². The Balaban J connectivity index is 1.46. The summed E-state index contributed by atoms with van der Waals surface area (Å²) < 4.78 is 4.04. The van der Waals surface area contributed by atoms with Crippen molar-refractivity contribution in [1.29, 1.82) is 0 Å². The zero-order chi connectivity index (χ0) is 21.7. The molecule has 6 heteroatoms. The Labute approximate surface area is 186 Å². The van der Waals surface area contributed by atoms with E-state index in [0.29, 0.717) is 0 Å². The lowest BCUT2D eigenvalue weighted by molar-refractivity contribution is 0.686. The highest BCUT2D eigenvalue weighted by molar-refractivity contribution is 5.85. The second kappa shape index (κ2) is 7.34. The zero-order valence-corrected chi connectivity index (χ0v) is 18.2. The number of benzene rings is 3. The van der Waals surface area contributed by atoms with Crippen LogP contribution in [0, 0.1) is 6.92 Å². The minimum atomic E-state index is 0.156. The maximum atomic E-state index is 4.45. The normalized spacial score (nSPS) is 15.2. The molecule has 1 aliphatic rings. The molecular formula is C26H24N6. The SMILES string of the molecule is Cc1nnc2n1-c1ccc(-c3cnn(C)c3)cc1C(Nc1ccc3ccccc3c1)CC2. The molecule has 0 amide bonds. The Morgan fingerprint density at radius 3 is 2.66 bits per heavy atom. The maximum absolute atomic E-state index is 4.45. The van der Waals surface area contributed by atoms with E-state index in [1.807, 2.05) is 24.9 Å². The molecule has 0 saturated carbocycles. The number of anilines is 1. The first-order valence-corrected chi connectivity index (χ1v) is 11.0. The molecule has 0 saturated heterocycles. The van der Waals surface area contributed by atoms with Gasteiger partial charge < -0.3 is 5.32 Å². The van der Waals surface area contributed by atoms with E-state index >= 15 is 0 Å². The van der Waals surface area contributed by atoms with Gasteiger partial charge >= 0.3 is 0 Å². The summed E-state index contributed by atoms with van der Waals surface area (Å²) in [5.74, 6) is 1.93. The third-order valence-electron chi connectivity index (χ3n) is 6.32. The predicted molar refractivity (Wildman–Crippen MR) is 127 cm³/mol. The number of hydrogen-bond acceptors (Lipinski definition) is 4. The molecular weight excluding hydrogens is 396 g/mol. The number of aromatic nitrogens is 5. The van der Waals surface area contributed by atoms with E-state index in [9.17, 15) is 0 Å². The van der Waals surface area contributed by atoms with Gasteiger partial charge in [-0.15, -0.1) is 10.2 Å². The van der Waals surface area contributed by atoms with Crippen LogP contribution in [0.25, 0.3) is 27.6 Å². The number of fused-ring (bicyclic) bond motifs is 4. The molecule has 0 radical (unpaired) electrons. The highest BCUT2D eigenvalue weighted by Gasteiger charge is 2.25. The van der Waals surface area contributed by atoms with Crippen LogP contribution in [-0.4, -0.2) is 24.5 Å². The van der Waals surface area contributed by atoms with Gasteiger partial charge in [0.05, 0.1) is 17.9 Å². The first kappa shape index (κ1) is 18.8. The molecule has 0 spiro atoms. The van der Waals surface area contributed by atoms with E-state index in [-0.39, 0.29) is 6.04 Å². The van der Waals surface area contributed by atoms with E-state index in [4.69, 9.17) is 0 Å². The minimum Gasteiger partial charge on any atom is -0.378 e. The molecule has 2 aromatic heterocycles. The van der Waals surface area contributed by atoms with Crippen molar-refractivity contribution in [3.63, 3.8) is 0 Å². The molecule has 1 N–H and O–H groups in total. The average molecular weight is 421 g/mol. The monoisotopic (exact) mass is 420 g/mol. The Morgan fingerprint density at radius 2 is 1.81 bits per heavy atom. The summed E-state index contributed by atoms with van der Waals surface area (Å²) in [4.78, 5) is 0. The quantitative estimate of drug-likeness (QED) is 0.434. The lowest BCUT2D eigenvalue weighted by Gasteiger charge is -2.22. The van der Waals surface area contributed by atoms with Gasteiger partial charge in [-0.1, -0.05) is 36.4 Å². The van der Waals surface area contributed by atoms with Crippen molar-refractivity contribution in [2.24, 2.45) is 7.05 Å². The highest BCUT2D eigenvalue weighted by Crippen LogP contribution is 2.36. The molecule has 6 nitrogen and oxygen atoms in total. The second-order valence-electron chi connectivity index (χ2n) is 8.47. The number of rotatable bonds is 3. The topological polar surface area (TPSA) is 60.6 Å². The summed E-state index contributed by atoms with van der Waals surface area (Å²) in [6.07, 6.45) is 5.77. The second-order valence-corrected chi connectivity index (χ2v) is 8.47. The van der Waals surface area contributed by atoms with Gasteiger partial charge in [0.2, 0.25) is 0 Å². The van der Waals surface area contributed by atoms with Gasteiger partial charge in [0.15, 0.2) is 0 Å². The third-order valence-corrected chi connectivity index (χ3v) is 6.32. The first-order chi connectivity index (χ1) is 15.7. The first-order valence-electron chi connectivity index (χ1n) is 11.0. The molecule has 1 unspecified atom stereocenters. The molecule has 3 aromatic carbocycles. The largest absolute Gasteiger partial charge is 0.378 e. The molecule has 6 rings (SSSR count). The summed E-state index contributed by atoms with van der Waals surface area (Å²) in [6.45, 7) is 2.02. The average Bonchev–Trinajstić information content (AvgIpc) is 3.37. The zero-order valence-electron chi connectivity index (χ0n) is 18.2. The molecule has 1 aliphatic heterocycles. The molecule has 0 fully saturated rings. The van der Waals surface area contributed by atoms with Gasteiger partial charge in [-0.05, 0) is 59.5 Å². The Kier molecular flexibility index (Phi) is 4.31. The highest BCUT2D eigenvalue weighted by atomic mass is 15.3. The molecule has 1 atom stereocenters. The van der Waals surface area contributed by atoms with Gasteiger partial charge in [0.25, 0.3) is 0 Å². The summed E-state index contributed by atoms with van der Waals surface area (Å²) in [6, 6.07) is 21.9. The van der Waals surface area contributed by atoms with Crippen LogP contribution in [-0.2, 0) is 13.5 Å². The molecule has 158 valence electrons. The van der Waals surface area contributed by atoms with Crippen molar-refractivity contribution < 1.29 is 0 Å². The van der Waals surface area contributed by atoms with Crippen molar-refractivity contribution >= 4 is 16.5 Å². The van der Waals surface area contributed by atoms with Crippen molar-refractivity contribution in [1.82, 2.24) is 24.5 Å². The van der Waals surface area contributed by atoms with Crippen LogP contribution < -0.4 is 5.32 Å². The van der Waals surface area contributed by atoms with Gasteiger partial charge in [0, 0.05) is 30.9 Å². The molecule has 5 aromatic rings. The number of aryl methyl sites for hydroxylation is 3. The van der Waals surface area contributed by atoms with Crippen LogP contribution in [0.15, 0.2) is 73.1 Å². The summed E-state index contributed by atoms with van der Waals surface area (Å²) in [7, 11) is 1.95. The van der Waals surface area contributed by atoms with Crippen LogP contribution in [0.1, 0.15) is 29.7 Å². The smallest absolute Gasteiger partial charge is 0.137 e. The number of nitrogens with zero attached hydrogens (tertiary/aromatic N) is 5. The van der Waals surface area contributed by atoms with Gasteiger partial charge in [-0.3, -0.25) is 9.25 Å². The van der Waals surface area contributed by atoms with Crippen molar-refractivity contribution in [3.8, 4) is 16.8 Å². The van der Waals surface area contributed by atoms with Crippen molar-refractivity contribution in [2.45, 2.75) is 25.8 Å². The van der Waals surface area contributed by atoms with E-state index in [1.165, 1.54) is 16.3 Å². The van der Waals surface area contributed by atoms with Crippen LogP contribution in [0.4, 0.5) is 5.69 Å². The molecule has 3 heterocycles. The molecule has 0 aliphatic carbocycles. The van der Waals surface area contributed by atoms with E-state index in [0.717, 1.165) is 47.0 Å². The van der Waals surface area contributed by atoms with E-state index in [2.05, 4.69) is 92.0 Å². The van der Waals surface area contributed by atoms with Gasteiger partial charge in [-0.2, -0.15) is 5.10 Å². The minimum absolute atomic E-state index is 0.156. The molecule has 0 bridgehead atoms. The van der Waals surface area contributed by atoms with Crippen LogP contribution >= 0.6 is 0 Å². The summed E-state index contributed by atoms with van der Waals surface area (Å²) >= 11 is 0. The number of hydrogen-bond donors (Lipinski definition) is 1. The summed E-state index contributed by atoms with van der Waals surface area (Å²) in [5.41, 5.74) is 5.80. The lowest BCUT2D eigenvalue weighted by Crippen LogP contribution is -2.12. The van der Waals surface area contributed by atoms with Crippen LogP contribution in [0.2, 0.25) is 0 Å². The van der Waals surface area contributed by atoms with Crippen LogP contribution in [0.3, 0.4) is 0 Å². The van der Waals surface area contributed by atoms with Crippen molar-refractivity contribution in [2.75, 3.05) is 5.32 Å². The Hall–Kier alpha value is -3.93. The third kappa shape index (κ3) is 3.15. The standard InChI is InChI=1S/C26H24N6/c1-17-29-30-26-12-10-24(28-22-9-7-18-5-3-4-6-19(18)13-22)23-14-20(8-11-25(23)32(17)26)21-15-27-31(2)16-21/h3-9,11,13-16,24,28H,10,12H2,1-2H3. The lowest BCUT2D eigenvalue weighted by atomic mass is 9.96. The van der Waals surface area contributed by atoms with Gasteiger partial charge in [0.1, 0.15) is 11.6 Å². The van der Waals surface area contributed by atoms with E-state index in [1.54, 1.807) is 0 Å². The Bertz CT molecular complexity index is 1440.